The van der Waals surface area contributed by atoms with Crippen LogP contribution in [-0.4, -0.2) is 48.4 Å². The maximum Gasteiger partial charge on any atom is 0.236 e. The second kappa shape index (κ2) is 4.84. The highest BCUT2D eigenvalue weighted by molar-refractivity contribution is 5.78. The molecule has 0 radical (unpaired) electrons. The molecule has 1 heterocycles. The van der Waals surface area contributed by atoms with Gasteiger partial charge in [-0.1, -0.05) is 12.8 Å². The van der Waals surface area contributed by atoms with E-state index in [1.807, 2.05) is 7.05 Å². The molecule has 1 aliphatic carbocycles. The molecule has 0 aromatic rings. The molecular weight excluding hydrogens is 202 g/mol. The van der Waals surface area contributed by atoms with Gasteiger partial charge in [-0.2, -0.15) is 5.26 Å². The van der Waals surface area contributed by atoms with Crippen molar-refractivity contribution in [2.75, 3.05) is 26.7 Å². The Balaban J connectivity index is 2.01. The maximum atomic E-state index is 11.6. The molecule has 0 aromatic heterocycles. The molecule has 1 amide bonds. The topological polar surface area (TPSA) is 47.3 Å². The average Bonchev–Trinajstić information content (AvgIpc) is 2.32. The molecule has 1 aliphatic heterocycles. The van der Waals surface area contributed by atoms with Gasteiger partial charge in [0.1, 0.15) is 0 Å². The Morgan fingerprint density at radius 2 is 2.06 bits per heavy atom. The fourth-order valence-electron chi connectivity index (χ4n) is 2.76. The van der Waals surface area contributed by atoms with E-state index < -0.39 is 0 Å². The van der Waals surface area contributed by atoms with Gasteiger partial charge < -0.3 is 4.90 Å². The van der Waals surface area contributed by atoms with E-state index in [1.54, 1.807) is 4.90 Å². The van der Waals surface area contributed by atoms with Gasteiger partial charge in [-0.25, -0.2) is 0 Å². The molecule has 16 heavy (non-hydrogen) atoms. The van der Waals surface area contributed by atoms with Crippen molar-refractivity contribution in [1.82, 2.24) is 9.80 Å². The number of nitrogens with zero attached hydrogens (tertiary/aromatic N) is 3. The second-order valence-corrected chi connectivity index (χ2v) is 4.87. The van der Waals surface area contributed by atoms with E-state index in [2.05, 4.69) is 11.0 Å². The van der Waals surface area contributed by atoms with Crippen molar-refractivity contribution >= 4 is 5.91 Å². The number of carbonyl (C=O) groups excluding carboxylic acids is 1. The highest BCUT2D eigenvalue weighted by atomic mass is 16.2. The van der Waals surface area contributed by atoms with Crippen molar-refractivity contribution in [2.45, 2.75) is 31.7 Å². The molecule has 2 fully saturated rings. The molecule has 2 unspecified atom stereocenters. The molecule has 2 rings (SSSR count). The lowest BCUT2D eigenvalue weighted by molar-refractivity contribution is -0.136. The minimum absolute atomic E-state index is 0.130. The van der Waals surface area contributed by atoms with Crippen molar-refractivity contribution in [1.29, 1.82) is 5.26 Å². The summed E-state index contributed by atoms with van der Waals surface area (Å²) < 4.78 is 0. The SMILES string of the molecule is CN1CCN(C2CCCCC2C#N)CC1=O. The summed E-state index contributed by atoms with van der Waals surface area (Å²) in [6, 6.07) is 2.73. The van der Waals surface area contributed by atoms with Crippen LogP contribution in [0.1, 0.15) is 25.7 Å². The van der Waals surface area contributed by atoms with Gasteiger partial charge >= 0.3 is 0 Å². The van der Waals surface area contributed by atoms with Crippen LogP contribution in [0.4, 0.5) is 0 Å². The number of carbonyl (C=O) groups is 1. The van der Waals surface area contributed by atoms with Crippen LogP contribution in [0, 0.1) is 17.2 Å². The highest BCUT2D eigenvalue weighted by Gasteiger charge is 2.33. The highest BCUT2D eigenvalue weighted by Crippen LogP contribution is 2.28. The Labute approximate surface area is 96.8 Å². The largest absolute Gasteiger partial charge is 0.343 e. The second-order valence-electron chi connectivity index (χ2n) is 4.87. The van der Waals surface area contributed by atoms with E-state index in [1.165, 1.54) is 6.42 Å². The molecule has 0 N–H and O–H groups in total. The molecule has 4 heteroatoms. The standard InChI is InChI=1S/C12H19N3O/c1-14-6-7-15(9-12(14)16)11-5-3-2-4-10(11)8-13/h10-11H,2-7,9H2,1H3. The van der Waals surface area contributed by atoms with E-state index in [0.717, 1.165) is 32.4 Å². The van der Waals surface area contributed by atoms with Crippen LogP contribution in [0.2, 0.25) is 0 Å². The van der Waals surface area contributed by atoms with Crippen molar-refractivity contribution in [2.24, 2.45) is 5.92 Å². The number of piperazine rings is 1. The number of rotatable bonds is 1. The van der Waals surface area contributed by atoms with E-state index in [9.17, 15) is 4.79 Å². The predicted octanol–water partition coefficient (Wildman–Crippen LogP) is 0.843. The Morgan fingerprint density at radius 1 is 1.31 bits per heavy atom. The first-order valence-corrected chi connectivity index (χ1v) is 6.10. The first-order chi connectivity index (χ1) is 7.72. The molecule has 1 saturated heterocycles. The Kier molecular flexibility index (Phi) is 3.45. The van der Waals surface area contributed by atoms with Crippen LogP contribution >= 0.6 is 0 Å². The Morgan fingerprint density at radius 3 is 2.75 bits per heavy atom. The van der Waals surface area contributed by atoms with E-state index >= 15 is 0 Å². The smallest absolute Gasteiger partial charge is 0.236 e. The first kappa shape index (κ1) is 11.4. The van der Waals surface area contributed by atoms with Crippen molar-refractivity contribution < 1.29 is 4.79 Å². The quantitative estimate of drug-likeness (QED) is 0.659. The summed E-state index contributed by atoms with van der Waals surface area (Å²) >= 11 is 0. The van der Waals surface area contributed by atoms with Crippen molar-refractivity contribution in [3.63, 3.8) is 0 Å². The van der Waals surface area contributed by atoms with E-state index in [0.29, 0.717) is 12.6 Å². The maximum absolute atomic E-state index is 11.6. The summed E-state index contributed by atoms with van der Waals surface area (Å²) in [6.45, 7) is 2.22. The van der Waals surface area contributed by atoms with Crippen LogP contribution in [0.5, 0.6) is 0 Å². The van der Waals surface area contributed by atoms with Gasteiger partial charge in [-0.3, -0.25) is 9.69 Å². The predicted molar refractivity (Wildman–Crippen MR) is 60.6 cm³/mol. The third kappa shape index (κ3) is 2.19. The fraction of sp³-hybridized carbons (Fsp3) is 0.833. The van der Waals surface area contributed by atoms with Crippen LogP contribution in [0.15, 0.2) is 0 Å². The number of nitriles is 1. The van der Waals surface area contributed by atoms with Gasteiger partial charge in [-0.05, 0) is 12.8 Å². The zero-order valence-electron chi connectivity index (χ0n) is 9.85. The fourth-order valence-corrected chi connectivity index (χ4v) is 2.76. The van der Waals surface area contributed by atoms with E-state index in [4.69, 9.17) is 5.26 Å². The molecule has 2 atom stereocenters. The van der Waals surface area contributed by atoms with Gasteiger partial charge in [0.2, 0.25) is 5.91 Å². The molecule has 1 saturated carbocycles. The zero-order valence-corrected chi connectivity index (χ0v) is 9.85. The summed E-state index contributed by atoms with van der Waals surface area (Å²) in [5, 5.41) is 9.14. The summed E-state index contributed by atoms with van der Waals surface area (Å²) in [6.07, 6.45) is 4.44. The third-order valence-corrected chi connectivity index (χ3v) is 3.85. The molecule has 0 bridgehead atoms. The minimum Gasteiger partial charge on any atom is -0.343 e. The summed E-state index contributed by atoms with van der Waals surface area (Å²) in [4.78, 5) is 15.6. The van der Waals surface area contributed by atoms with Gasteiger partial charge in [-0.15, -0.1) is 0 Å². The zero-order chi connectivity index (χ0) is 11.5. The van der Waals surface area contributed by atoms with Gasteiger partial charge in [0.25, 0.3) is 0 Å². The lowest BCUT2D eigenvalue weighted by atomic mass is 9.84. The third-order valence-electron chi connectivity index (χ3n) is 3.85. The van der Waals surface area contributed by atoms with Crippen molar-refractivity contribution in [3.8, 4) is 6.07 Å². The molecule has 88 valence electrons. The lowest BCUT2D eigenvalue weighted by Gasteiger charge is -2.41. The summed E-state index contributed by atoms with van der Waals surface area (Å²) in [5.74, 6) is 0.318. The molecule has 4 nitrogen and oxygen atoms in total. The minimum atomic E-state index is 0.130. The monoisotopic (exact) mass is 221 g/mol. The average molecular weight is 221 g/mol. The number of hydrogen-bond donors (Lipinski definition) is 0. The summed E-state index contributed by atoms with van der Waals surface area (Å²) in [7, 11) is 1.85. The molecule has 0 spiro atoms. The normalized spacial score (nSPS) is 32.5. The van der Waals surface area contributed by atoms with E-state index in [-0.39, 0.29) is 11.8 Å². The van der Waals surface area contributed by atoms with Crippen molar-refractivity contribution in [3.05, 3.63) is 0 Å². The Bertz CT molecular complexity index is 310. The summed E-state index contributed by atoms with van der Waals surface area (Å²) in [5.41, 5.74) is 0. The van der Waals surface area contributed by atoms with Crippen LogP contribution in [-0.2, 0) is 4.79 Å². The van der Waals surface area contributed by atoms with Gasteiger partial charge in [0.05, 0.1) is 18.5 Å². The molecular formula is C12H19N3O. The van der Waals surface area contributed by atoms with Crippen LogP contribution < -0.4 is 0 Å². The van der Waals surface area contributed by atoms with Crippen LogP contribution in [0.3, 0.4) is 0 Å². The molecule has 0 aromatic carbocycles. The molecule has 2 aliphatic rings. The first-order valence-electron chi connectivity index (χ1n) is 6.10. The Hall–Kier alpha value is -1.08. The van der Waals surface area contributed by atoms with Gasteiger partial charge in [0, 0.05) is 26.2 Å². The number of likely N-dealkylation sites (N-methyl/N-ethyl adjacent to an activating group) is 1. The van der Waals surface area contributed by atoms with Gasteiger partial charge in [0.15, 0.2) is 0 Å². The van der Waals surface area contributed by atoms with Crippen LogP contribution in [0.25, 0.3) is 0 Å². The number of hydrogen-bond acceptors (Lipinski definition) is 3. The number of amides is 1. The lowest BCUT2D eigenvalue weighted by Crippen LogP contribution is -2.54.